The van der Waals surface area contributed by atoms with E-state index >= 15 is 0 Å². The minimum absolute atomic E-state index is 0.136. The molecule has 27 heavy (non-hydrogen) atoms. The van der Waals surface area contributed by atoms with E-state index in [0.717, 1.165) is 12.0 Å². The number of esters is 1. The minimum atomic E-state index is -0.581. The third-order valence-electron chi connectivity index (χ3n) is 4.19. The number of benzene rings is 2. The number of nitrogens with one attached hydrogen (secondary N) is 1. The summed E-state index contributed by atoms with van der Waals surface area (Å²) in [5, 5.41) is 2.94. The van der Waals surface area contributed by atoms with E-state index in [4.69, 9.17) is 9.47 Å². The van der Waals surface area contributed by atoms with Gasteiger partial charge in [-0.1, -0.05) is 63.2 Å². The van der Waals surface area contributed by atoms with Gasteiger partial charge in [0.05, 0.1) is 6.04 Å². The van der Waals surface area contributed by atoms with Crippen LogP contribution >= 0.6 is 0 Å². The molecule has 0 saturated heterocycles. The van der Waals surface area contributed by atoms with Gasteiger partial charge in [-0.2, -0.15) is 0 Å². The highest BCUT2D eigenvalue weighted by molar-refractivity contribution is 5.81. The normalized spacial score (nSPS) is 11.7. The molecule has 0 bridgehead atoms. The van der Waals surface area contributed by atoms with Crippen molar-refractivity contribution in [2.75, 3.05) is 13.2 Å². The molecule has 0 aliphatic heterocycles. The molecule has 2 aromatic rings. The average molecular weight is 369 g/mol. The van der Waals surface area contributed by atoms with Crippen LogP contribution in [0.5, 0.6) is 5.75 Å². The number of hydrogen-bond acceptors (Lipinski definition) is 4. The molecule has 0 fully saturated rings. The van der Waals surface area contributed by atoms with Crippen molar-refractivity contribution < 1.29 is 19.1 Å². The zero-order chi connectivity index (χ0) is 19.6. The maximum absolute atomic E-state index is 12.2. The van der Waals surface area contributed by atoms with Crippen molar-refractivity contribution in [3.05, 3.63) is 65.7 Å². The summed E-state index contributed by atoms with van der Waals surface area (Å²) in [6.07, 6.45) is 0.972. The van der Waals surface area contributed by atoms with Gasteiger partial charge in [0.2, 0.25) is 0 Å². The van der Waals surface area contributed by atoms with E-state index in [2.05, 4.69) is 24.4 Å². The first-order valence-corrected chi connectivity index (χ1v) is 9.21. The highest BCUT2D eigenvalue weighted by atomic mass is 16.6. The van der Waals surface area contributed by atoms with Crippen molar-refractivity contribution in [2.45, 2.75) is 33.2 Å². The highest BCUT2D eigenvalue weighted by Gasteiger charge is 2.19. The van der Waals surface area contributed by atoms with E-state index in [-0.39, 0.29) is 31.1 Å². The van der Waals surface area contributed by atoms with Crippen LogP contribution in [0.15, 0.2) is 54.6 Å². The van der Waals surface area contributed by atoms with Crippen molar-refractivity contribution in [1.82, 2.24) is 5.32 Å². The monoisotopic (exact) mass is 369 g/mol. The lowest BCUT2D eigenvalue weighted by molar-refractivity contribution is -0.150. The Morgan fingerprint density at radius 2 is 1.63 bits per heavy atom. The molecule has 0 radical (unpaired) electrons. The number of para-hydroxylation sites is 1. The van der Waals surface area contributed by atoms with Crippen LogP contribution in [0.3, 0.4) is 0 Å². The Labute approximate surface area is 160 Å². The zero-order valence-corrected chi connectivity index (χ0v) is 16.1. The maximum atomic E-state index is 12.2. The molecular formula is C22H27NO4. The van der Waals surface area contributed by atoms with Crippen molar-refractivity contribution in [3.8, 4) is 5.75 Å². The van der Waals surface area contributed by atoms with Gasteiger partial charge in [0, 0.05) is 0 Å². The Kier molecular flexibility index (Phi) is 7.86. The van der Waals surface area contributed by atoms with Gasteiger partial charge in [-0.3, -0.25) is 4.79 Å². The van der Waals surface area contributed by atoms with Crippen molar-refractivity contribution in [3.63, 3.8) is 0 Å². The van der Waals surface area contributed by atoms with Gasteiger partial charge in [-0.25, -0.2) is 4.79 Å². The van der Waals surface area contributed by atoms with Gasteiger partial charge in [0.15, 0.2) is 13.2 Å². The summed E-state index contributed by atoms with van der Waals surface area (Å²) in [5.74, 6) is -0.128. The first-order chi connectivity index (χ1) is 13.0. The molecular weight excluding hydrogens is 342 g/mol. The molecule has 0 unspecified atom stereocenters. The summed E-state index contributed by atoms with van der Waals surface area (Å²) in [6.45, 7) is 5.62. The third kappa shape index (κ3) is 6.77. The van der Waals surface area contributed by atoms with E-state index in [1.54, 1.807) is 12.1 Å². The summed E-state index contributed by atoms with van der Waals surface area (Å²) < 4.78 is 10.3. The maximum Gasteiger partial charge on any atom is 0.344 e. The zero-order valence-electron chi connectivity index (χ0n) is 16.1. The number of carbonyl (C=O) groups excluding carboxylic acids is 2. The second-order valence-corrected chi connectivity index (χ2v) is 6.65. The van der Waals surface area contributed by atoms with Gasteiger partial charge in [0.1, 0.15) is 5.75 Å². The predicted octanol–water partition coefficient (Wildman–Crippen LogP) is 3.68. The summed E-state index contributed by atoms with van der Waals surface area (Å²) >= 11 is 0. The van der Waals surface area contributed by atoms with E-state index in [9.17, 15) is 9.59 Å². The van der Waals surface area contributed by atoms with Crippen molar-refractivity contribution in [2.24, 2.45) is 5.92 Å². The van der Waals surface area contributed by atoms with Gasteiger partial charge in [-0.05, 0) is 35.6 Å². The molecule has 0 aromatic heterocycles. The summed E-state index contributed by atoms with van der Waals surface area (Å²) in [4.78, 5) is 24.0. The van der Waals surface area contributed by atoms with Crippen LogP contribution in [0, 0.1) is 5.92 Å². The van der Waals surface area contributed by atoms with Crippen molar-refractivity contribution in [1.29, 1.82) is 0 Å². The minimum Gasteiger partial charge on any atom is -0.482 e. The number of carbonyl (C=O) groups is 2. The Hall–Kier alpha value is -2.82. The van der Waals surface area contributed by atoms with Crippen LogP contribution < -0.4 is 10.1 Å². The Morgan fingerprint density at radius 1 is 0.963 bits per heavy atom. The Bertz CT molecular complexity index is 726. The molecule has 1 atom stereocenters. The second kappa shape index (κ2) is 10.4. The van der Waals surface area contributed by atoms with Crippen LogP contribution in [0.25, 0.3) is 0 Å². The van der Waals surface area contributed by atoms with E-state index in [0.29, 0.717) is 5.75 Å². The Balaban J connectivity index is 1.81. The molecule has 0 aliphatic carbocycles. The van der Waals surface area contributed by atoms with Crippen LogP contribution in [0.4, 0.5) is 0 Å². The number of rotatable bonds is 9. The lowest BCUT2D eigenvalue weighted by atomic mass is 9.95. The average Bonchev–Trinajstić information content (AvgIpc) is 2.69. The van der Waals surface area contributed by atoms with Crippen LogP contribution in [0.1, 0.15) is 37.9 Å². The lowest BCUT2D eigenvalue weighted by Crippen LogP contribution is -2.35. The van der Waals surface area contributed by atoms with Crippen molar-refractivity contribution >= 4 is 11.9 Å². The topological polar surface area (TPSA) is 64.6 Å². The first kappa shape index (κ1) is 20.5. The summed E-state index contributed by atoms with van der Waals surface area (Å²) in [5.41, 5.74) is 2.29. The van der Waals surface area contributed by atoms with Crippen LogP contribution in [-0.2, 0) is 20.7 Å². The smallest absolute Gasteiger partial charge is 0.344 e. The molecule has 1 amide bonds. The van der Waals surface area contributed by atoms with Gasteiger partial charge < -0.3 is 14.8 Å². The van der Waals surface area contributed by atoms with Crippen LogP contribution in [-0.4, -0.2) is 25.1 Å². The Morgan fingerprint density at radius 3 is 2.22 bits per heavy atom. The number of aryl methyl sites for hydroxylation is 1. The molecule has 144 valence electrons. The van der Waals surface area contributed by atoms with E-state index < -0.39 is 5.97 Å². The van der Waals surface area contributed by atoms with E-state index in [1.165, 1.54) is 5.56 Å². The molecule has 0 heterocycles. The molecule has 0 spiro atoms. The van der Waals surface area contributed by atoms with Gasteiger partial charge in [0.25, 0.3) is 5.91 Å². The van der Waals surface area contributed by atoms with Gasteiger partial charge in [-0.15, -0.1) is 0 Å². The summed E-state index contributed by atoms with van der Waals surface area (Å²) in [6, 6.07) is 17.0. The molecule has 2 rings (SSSR count). The van der Waals surface area contributed by atoms with Gasteiger partial charge >= 0.3 is 5.97 Å². The number of hydrogen-bond donors (Lipinski definition) is 1. The molecule has 5 nitrogen and oxygen atoms in total. The number of ether oxygens (including phenoxy) is 2. The SMILES string of the molecule is CCc1ccc([C@H](NC(=O)COC(=O)COc2ccccc2)C(C)C)cc1. The van der Waals surface area contributed by atoms with E-state index in [1.807, 2.05) is 44.2 Å². The molecule has 0 aliphatic rings. The molecule has 1 N–H and O–H groups in total. The summed E-state index contributed by atoms with van der Waals surface area (Å²) in [7, 11) is 0. The fraction of sp³-hybridized carbons (Fsp3) is 0.364. The number of amides is 1. The lowest BCUT2D eigenvalue weighted by Gasteiger charge is -2.23. The highest BCUT2D eigenvalue weighted by Crippen LogP contribution is 2.22. The third-order valence-corrected chi connectivity index (χ3v) is 4.19. The molecule has 2 aromatic carbocycles. The standard InChI is InChI=1S/C22H27NO4/c1-4-17-10-12-18(13-11-17)22(16(2)3)23-20(24)14-27-21(25)15-26-19-8-6-5-7-9-19/h5-13,16,22H,4,14-15H2,1-3H3,(H,23,24)/t22-/m1/s1. The fourth-order valence-corrected chi connectivity index (χ4v) is 2.66. The predicted molar refractivity (Wildman–Crippen MR) is 104 cm³/mol. The van der Waals surface area contributed by atoms with Crippen LogP contribution in [0.2, 0.25) is 0 Å². The molecule has 0 saturated carbocycles. The molecule has 5 heteroatoms. The second-order valence-electron chi connectivity index (χ2n) is 6.65. The largest absolute Gasteiger partial charge is 0.482 e. The first-order valence-electron chi connectivity index (χ1n) is 9.21. The fourth-order valence-electron chi connectivity index (χ4n) is 2.66. The quantitative estimate of drug-likeness (QED) is 0.685.